The summed E-state index contributed by atoms with van der Waals surface area (Å²) in [5.74, 6) is -2.09. The first-order valence-electron chi connectivity index (χ1n) is 44.7. The first kappa shape index (κ1) is 122. The number of thiazole rings is 7. The third kappa shape index (κ3) is 36.2. The fourth-order valence-electron chi connectivity index (χ4n) is 13.3. The quantitative estimate of drug-likeness (QED) is 0.0278. The number of aliphatic imine (C=N–C) groups is 1. The van der Waals surface area contributed by atoms with Gasteiger partial charge in [0.15, 0.2) is 35.9 Å². The molecule has 0 spiro atoms. The van der Waals surface area contributed by atoms with E-state index in [1.807, 2.05) is 196 Å². The van der Waals surface area contributed by atoms with Crippen molar-refractivity contribution < 1.29 is 67.7 Å². The second kappa shape index (κ2) is 58.7. The molecule has 8 heterocycles. The summed E-state index contributed by atoms with van der Waals surface area (Å²) in [6.45, 7) is 20.4. The summed E-state index contributed by atoms with van der Waals surface area (Å²) in [4.78, 5) is 79.6. The van der Waals surface area contributed by atoms with E-state index in [1.165, 1.54) is 128 Å². The number of nitrogens with two attached hydrogens (primary N) is 5. The van der Waals surface area contributed by atoms with Crippen LogP contribution < -0.4 is 84.8 Å². The number of alkyl halides is 2. The third-order valence-corrected chi connectivity index (χ3v) is 35.5. The Kier molecular flexibility index (Phi) is 47.8. The maximum atomic E-state index is 13.0. The van der Waals surface area contributed by atoms with E-state index < -0.39 is 24.2 Å². The van der Waals surface area contributed by atoms with Gasteiger partial charge in [0, 0.05) is 78.3 Å². The number of carbonyl (C=O) groups is 4. The SMILES string of the molecule is C1CCOC1.Cc1cc2sc(N)nc2cc1Br.Cc1ccc(N)cc1Br.Cc1ccc(NC(=S)NC(=O)c2ccccc2)cc1Br.Cc1ccc(NC(N)=S)cc1Br.Cc1ccc2nc(N)sc2c1Br.Cc1ccc2nc(N)sc2c1Br.Cc1ccc2nc(NC(=O)[C@@H]3C[C@@H]3F)sc2c1.Cc1ccc2ncsc2c1-c1ccc2nc(NC(=O)[C@@H]3C[C@@H]3F)sc2c1.Cc1ccc2ncsc2c1Br.O=C(N=C=S)c1ccccc1.[Na+].[OH-]. The number of rotatable bonds is 9. The molecule has 3 aliphatic rings. The van der Waals surface area contributed by atoms with Crippen LogP contribution in [-0.2, 0) is 14.3 Å². The number of halogens is 9. The molecule has 766 valence electrons. The van der Waals surface area contributed by atoms with E-state index in [9.17, 15) is 28.0 Å². The first-order chi connectivity index (χ1) is 70.2. The molecule has 24 nitrogen and oxygen atoms in total. The summed E-state index contributed by atoms with van der Waals surface area (Å²) >= 11 is 49.0. The Labute approximate surface area is 984 Å². The van der Waals surface area contributed by atoms with Crippen LogP contribution in [0.2, 0.25) is 0 Å². The number of isothiocyanates is 1. The number of benzene rings is 12. The van der Waals surface area contributed by atoms with Crippen molar-refractivity contribution in [2.45, 2.75) is 100 Å². The number of hydrogen-bond acceptors (Lipinski definition) is 27. The van der Waals surface area contributed by atoms with Crippen LogP contribution in [0.4, 0.5) is 51.5 Å². The van der Waals surface area contributed by atoms with Crippen molar-refractivity contribution in [2.75, 3.05) is 57.4 Å². The molecule has 4 atom stereocenters. The molecule has 22 rings (SSSR count). The van der Waals surface area contributed by atoms with Crippen LogP contribution in [0.1, 0.15) is 96.5 Å². The number of aromatic nitrogens is 7. The Morgan fingerprint density at radius 3 is 1.32 bits per heavy atom. The van der Waals surface area contributed by atoms with Gasteiger partial charge in [0.05, 0.1) is 99.5 Å². The molecule has 2 aliphatic carbocycles. The van der Waals surface area contributed by atoms with Crippen molar-refractivity contribution >= 4 is 381 Å². The van der Waals surface area contributed by atoms with Crippen LogP contribution in [0.15, 0.2) is 260 Å². The number of aryl methyl sites for hydroxylation is 9. The van der Waals surface area contributed by atoms with Crippen molar-refractivity contribution in [1.29, 1.82) is 0 Å². The van der Waals surface area contributed by atoms with E-state index in [-0.39, 0.29) is 68.9 Å². The van der Waals surface area contributed by atoms with Gasteiger partial charge in [0.25, 0.3) is 11.8 Å². The average Bonchev–Trinajstić information content (AvgIpc) is 1.71. The number of nitrogens with one attached hydrogen (secondary N) is 5. The summed E-state index contributed by atoms with van der Waals surface area (Å²) < 4.78 is 46.1. The van der Waals surface area contributed by atoms with Gasteiger partial charge in [-0.05, 0) is 349 Å². The fourth-order valence-corrected chi connectivity index (χ4v) is 23.0. The number of ether oxygens (including phenoxy) is 1. The summed E-state index contributed by atoms with van der Waals surface area (Å²) in [5, 5.41) is 19.4. The van der Waals surface area contributed by atoms with Gasteiger partial charge in [-0.3, -0.25) is 24.5 Å². The number of amides is 4. The van der Waals surface area contributed by atoms with Crippen LogP contribution in [-0.4, -0.2) is 105 Å². The number of thiocarbonyl (C=S) groups is 3. The standard InChI is InChI=1S/C19H14FN3OS2.C15H13BrN2OS.C12H11FN2OS.3C8H7BrN2S.C8H9BrN2S.C8H6BrNS.C8H5NOS.C7H8BrN.C4H8O.Na.H2O/c1-9-2-4-14-17(25-8-21-14)16(9)10-3-5-13-15(6-10)26-19(22-13)23-18(24)11-7-12(11)20;1-10-7-8-12(9-13(10)16)17-15(20)18-14(19)11-5-3-2-4-6-11;1-6-2-3-9-10(4-6)17-12(14-9)15-11(16)7-5-8(7)13;1-4-2-7-6(3-5(4)9)11-8(10)12-7;2*1-4-2-3-5-7(6(4)9)12-8(10)11-5;1-5-2-3-6(4-7(5)9)11-8(10)12;1-5-2-3-6-8(7(5)9)11-4-10-6;10-8(9-6-11)7-4-2-1-3-5-7;1-5-2-3-6(9)4-7(5)8;1-2-4-5-3-1;;/h2-6,8,11-12H,7H2,1H3,(H,22,23,24);2-9H,1H3,(H2,17,18,19,20);2-4,7-8H,5H2,1H3,(H,14,15,16);3*2-3H,1H3,(H2,10,11);2-4H,1H3,(H3,10,11,12);2-4H,1H3;1-5H;2-4H,9H2,1H3;1-4H2;;1H2/q;;;;;;;;;;;+1;/p-1/t11-,12+;;7-,8+;;;;;;;;;;/m1.1........../s1. The third-order valence-electron chi connectivity index (χ3n) is 21.5. The second-order valence-electron chi connectivity index (χ2n) is 33.0. The average molecular weight is 2650 g/mol. The summed E-state index contributed by atoms with van der Waals surface area (Å²) in [7, 11) is 0. The molecule has 7 aromatic heterocycles. The molecule has 3 fully saturated rings. The van der Waals surface area contributed by atoms with Crippen LogP contribution in [0, 0.1) is 74.1 Å². The molecular weight excluding hydrogens is 2550 g/mol. The van der Waals surface area contributed by atoms with Gasteiger partial charge in [-0.15, -0.1) is 22.7 Å². The predicted molar refractivity (Wildman–Crippen MR) is 651 cm³/mol. The minimum Gasteiger partial charge on any atom is -0.870 e. The molecule has 44 heteroatoms. The van der Waals surface area contributed by atoms with Gasteiger partial charge < -0.3 is 60.1 Å². The molecule has 12 aromatic carbocycles. The predicted octanol–water partition coefficient (Wildman–Crippen LogP) is 28.5. The zero-order valence-electron chi connectivity index (χ0n) is 81.4. The molecule has 19 aromatic rings. The maximum absolute atomic E-state index is 13.0. The number of hydrogen-bond donors (Lipinski definition) is 10. The second-order valence-corrected chi connectivity index (χ2v) is 46.7. The van der Waals surface area contributed by atoms with Crippen molar-refractivity contribution in [3.63, 3.8) is 0 Å². The number of nitrogens with zero attached hydrogens (tertiary/aromatic N) is 8. The van der Waals surface area contributed by atoms with E-state index in [0.29, 0.717) is 49.6 Å². The Bertz CT molecular complexity index is 7890. The molecule has 0 bridgehead atoms. The van der Waals surface area contributed by atoms with Crippen molar-refractivity contribution in [3.05, 3.63) is 316 Å². The monoisotopic (exact) mass is 2640 g/mol. The van der Waals surface area contributed by atoms with E-state index in [0.717, 1.165) is 136 Å². The maximum Gasteiger partial charge on any atom is 1.00 e. The minimum atomic E-state index is -1.00. The van der Waals surface area contributed by atoms with Gasteiger partial charge in [-0.25, -0.2) is 43.7 Å². The largest absolute Gasteiger partial charge is 1.00 e. The van der Waals surface area contributed by atoms with Crippen molar-refractivity contribution in [1.82, 2.24) is 40.2 Å². The van der Waals surface area contributed by atoms with Crippen LogP contribution in [0.5, 0.6) is 0 Å². The summed E-state index contributed by atoms with van der Waals surface area (Å²) in [6, 6.07) is 67.5. The molecule has 0 radical (unpaired) electrons. The first-order valence-corrected chi connectivity index (χ1v) is 57.3. The van der Waals surface area contributed by atoms with Crippen LogP contribution >= 0.6 is 228 Å². The Morgan fingerprint density at radius 1 is 0.430 bits per heavy atom. The molecular formula is C105H96Br7F2N18NaO6S10. The molecule has 1 aliphatic heterocycles. The van der Waals surface area contributed by atoms with Gasteiger partial charge in [0.1, 0.15) is 12.3 Å². The van der Waals surface area contributed by atoms with Gasteiger partial charge in [0.2, 0.25) is 11.8 Å². The number of fused-ring (bicyclic) bond motifs is 7. The van der Waals surface area contributed by atoms with Gasteiger partial charge in [-0.2, -0.15) is 4.99 Å². The van der Waals surface area contributed by atoms with Crippen molar-refractivity contribution in [3.8, 4) is 11.1 Å². The smallest absolute Gasteiger partial charge is 0.870 e. The van der Waals surface area contributed by atoms with Crippen molar-refractivity contribution in [2.24, 2.45) is 22.6 Å². The van der Waals surface area contributed by atoms with E-state index >= 15 is 0 Å². The zero-order valence-corrected chi connectivity index (χ0v) is 103. The number of anilines is 8. The number of nitrogen functional groups attached to an aromatic ring is 4. The minimum absolute atomic E-state index is 0. The number of carbonyl (C=O) groups excluding carboxylic acids is 4. The Balaban J connectivity index is 0.000000171. The molecule has 16 N–H and O–H groups in total. The van der Waals surface area contributed by atoms with Crippen LogP contribution in [0.25, 0.3) is 82.6 Å². The molecule has 149 heavy (non-hydrogen) atoms. The molecule has 2 saturated carbocycles. The summed E-state index contributed by atoms with van der Waals surface area (Å²) in [5.41, 5.74) is 54.7. The topological polar surface area (TPSA) is 400 Å². The summed E-state index contributed by atoms with van der Waals surface area (Å²) in [6.07, 6.45) is 1.25. The van der Waals surface area contributed by atoms with E-state index in [2.05, 4.69) is 249 Å². The van der Waals surface area contributed by atoms with Gasteiger partial charge in [-0.1, -0.05) is 211 Å². The molecule has 1 saturated heterocycles. The zero-order chi connectivity index (χ0) is 106. The molecule has 4 amide bonds. The van der Waals surface area contributed by atoms with Gasteiger partial charge >= 0.3 is 29.6 Å². The van der Waals surface area contributed by atoms with E-state index in [4.69, 9.17) is 57.8 Å². The van der Waals surface area contributed by atoms with E-state index in [1.54, 1.807) is 59.1 Å². The Hall–Kier alpha value is -9.33. The fraction of sp³-hybridized carbons (Fsp3) is 0.181. The normalized spacial score (nSPS) is 13.4. The van der Waals surface area contributed by atoms with Crippen LogP contribution in [0.3, 0.4) is 0 Å². The Morgan fingerprint density at radius 2 is 0.846 bits per heavy atom. The molecule has 0 unspecified atom stereocenters.